The van der Waals surface area contributed by atoms with Crippen molar-refractivity contribution in [3.05, 3.63) is 71.5 Å². The van der Waals surface area contributed by atoms with Gasteiger partial charge in [0.2, 0.25) is 0 Å². The van der Waals surface area contributed by atoms with E-state index in [1.807, 2.05) is 37.3 Å². The molecule has 2 aromatic rings. The number of carbonyl (C=O) groups is 2. The highest BCUT2D eigenvalue weighted by molar-refractivity contribution is 5.77. The molecule has 1 saturated heterocycles. The van der Waals surface area contributed by atoms with Gasteiger partial charge in [0, 0.05) is 13.1 Å². The van der Waals surface area contributed by atoms with Gasteiger partial charge in [-0.1, -0.05) is 49.4 Å². The molecule has 3 atom stereocenters. The van der Waals surface area contributed by atoms with Crippen LogP contribution in [0.15, 0.2) is 54.6 Å². The Morgan fingerprint density at radius 1 is 1.07 bits per heavy atom. The molecular weight excluding hydrogens is 347 g/mol. The summed E-state index contributed by atoms with van der Waals surface area (Å²) < 4.78 is 13.3. The second-order valence-corrected chi connectivity index (χ2v) is 7.13. The molecule has 2 aromatic carbocycles. The number of aliphatic carboxylic acids is 1. The number of hydrogen-bond acceptors (Lipinski definition) is 2. The molecule has 1 fully saturated rings. The van der Waals surface area contributed by atoms with Gasteiger partial charge in [0.1, 0.15) is 5.82 Å². The Labute approximate surface area is 157 Å². The summed E-state index contributed by atoms with van der Waals surface area (Å²) in [6, 6.07) is 14.7. The van der Waals surface area contributed by atoms with Crippen LogP contribution in [0.1, 0.15) is 30.5 Å². The van der Waals surface area contributed by atoms with E-state index in [0.717, 1.165) is 11.1 Å². The minimum Gasteiger partial charge on any atom is -0.481 e. The first-order valence-corrected chi connectivity index (χ1v) is 9.02. The summed E-state index contributed by atoms with van der Waals surface area (Å²) in [5.74, 6) is -1.66. The molecule has 2 amide bonds. The van der Waals surface area contributed by atoms with Gasteiger partial charge in [-0.05, 0) is 35.6 Å². The molecule has 3 unspecified atom stereocenters. The lowest BCUT2D eigenvalue weighted by Crippen LogP contribution is -2.50. The second-order valence-electron chi connectivity index (χ2n) is 7.13. The van der Waals surface area contributed by atoms with Gasteiger partial charge in [0.05, 0.1) is 12.0 Å². The number of carboxylic acids is 1. The molecule has 3 rings (SSSR count). The second kappa shape index (κ2) is 8.20. The van der Waals surface area contributed by atoms with Crippen LogP contribution >= 0.6 is 0 Å². The Bertz CT molecular complexity index is 795. The Hall–Kier alpha value is -2.89. The molecule has 142 valence electrons. The molecule has 1 aliphatic heterocycles. The highest BCUT2D eigenvalue weighted by Crippen LogP contribution is 2.25. The van der Waals surface area contributed by atoms with Gasteiger partial charge in [-0.25, -0.2) is 9.18 Å². The fourth-order valence-corrected chi connectivity index (χ4v) is 3.57. The first kappa shape index (κ1) is 18.9. The van der Waals surface area contributed by atoms with Crippen molar-refractivity contribution in [2.45, 2.75) is 19.4 Å². The van der Waals surface area contributed by atoms with Crippen LogP contribution in [0, 0.1) is 17.7 Å². The number of halogens is 1. The fraction of sp³-hybridized carbons (Fsp3) is 0.333. The number of amides is 2. The van der Waals surface area contributed by atoms with Crippen LogP contribution in [0.2, 0.25) is 0 Å². The number of hydrogen-bond donors (Lipinski definition) is 2. The maximum absolute atomic E-state index is 13.3. The average Bonchev–Trinajstić information content (AvgIpc) is 2.67. The van der Waals surface area contributed by atoms with Crippen LogP contribution in [0.5, 0.6) is 0 Å². The van der Waals surface area contributed by atoms with E-state index in [0.29, 0.717) is 13.0 Å². The van der Waals surface area contributed by atoms with E-state index in [9.17, 15) is 19.1 Å². The molecule has 0 aromatic heterocycles. The van der Waals surface area contributed by atoms with Crippen molar-refractivity contribution in [3.8, 4) is 0 Å². The van der Waals surface area contributed by atoms with Gasteiger partial charge in [0.25, 0.3) is 0 Å². The highest BCUT2D eigenvalue weighted by atomic mass is 19.1. The molecule has 0 spiro atoms. The van der Waals surface area contributed by atoms with E-state index in [1.54, 1.807) is 17.0 Å². The van der Waals surface area contributed by atoms with Crippen LogP contribution in [0.4, 0.5) is 9.18 Å². The number of carboxylic acid groups (broad SMARTS) is 1. The summed E-state index contributed by atoms with van der Waals surface area (Å²) in [5.41, 5.74) is 1.63. The zero-order chi connectivity index (χ0) is 19.4. The van der Waals surface area contributed by atoms with Crippen molar-refractivity contribution in [2.24, 2.45) is 11.8 Å². The maximum atomic E-state index is 13.3. The summed E-state index contributed by atoms with van der Waals surface area (Å²) in [6.07, 6.45) is 0.569. The van der Waals surface area contributed by atoms with Crippen molar-refractivity contribution in [1.82, 2.24) is 10.2 Å². The number of urea groups is 1. The smallest absolute Gasteiger partial charge is 0.318 e. The molecule has 0 radical (unpaired) electrons. The number of carbonyl (C=O) groups excluding carboxylic acids is 1. The van der Waals surface area contributed by atoms with E-state index in [-0.39, 0.29) is 24.3 Å². The molecule has 6 heteroatoms. The van der Waals surface area contributed by atoms with E-state index in [4.69, 9.17) is 0 Å². The Balaban J connectivity index is 1.82. The van der Waals surface area contributed by atoms with Crippen LogP contribution in [-0.4, -0.2) is 35.1 Å². The standard InChI is InChI=1S/C21H23FN2O3/c1-14-11-17(20(25)26)13-24(12-14)21(27)23-19(15-5-3-2-4-6-15)16-7-9-18(22)10-8-16/h2-10,14,17,19H,11-13H2,1H3,(H,23,27)(H,25,26). The third-order valence-electron chi connectivity index (χ3n) is 4.90. The maximum Gasteiger partial charge on any atom is 0.318 e. The van der Waals surface area contributed by atoms with Gasteiger partial charge in [-0.2, -0.15) is 0 Å². The zero-order valence-electron chi connectivity index (χ0n) is 15.1. The van der Waals surface area contributed by atoms with Crippen molar-refractivity contribution in [1.29, 1.82) is 0 Å². The number of rotatable bonds is 4. The number of piperidine rings is 1. The minimum atomic E-state index is -0.877. The summed E-state index contributed by atoms with van der Waals surface area (Å²) in [7, 11) is 0. The highest BCUT2D eigenvalue weighted by Gasteiger charge is 2.32. The average molecular weight is 370 g/mol. The monoisotopic (exact) mass is 370 g/mol. The molecule has 27 heavy (non-hydrogen) atoms. The first-order chi connectivity index (χ1) is 12.9. The fourth-order valence-electron chi connectivity index (χ4n) is 3.57. The summed E-state index contributed by atoms with van der Waals surface area (Å²) in [5, 5.41) is 12.3. The molecule has 0 aliphatic carbocycles. The van der Waals surface area contributed by atoms with E-state index < -0.39 is 17.9 Å². The van der Waals surface area contributed by atoms with Gasteiger partial charge in [0.15, 0.2) is 0 Å². The summed E-state index contributed by atoms with van der Waals surface area (Å²) in [6.45, 7) is 2.65. The number of likely N-dealkylation sites (tertiary alicyclic amines) is 1. The Morgan fingerprint density at radius 2 is 1.70 bits per heavy atom. The third kappa shape index (κ3) is 4.64. The van der Waals surface area contributed by atoms with Crippen LogP contribution < -0.4 is 5.32 Å². The number of nitrogens with one attached hydrogen (secondary N) is 1. The van der Waals surface area contributed by atoms with Gasteiger partial charge >= 0.3 is 12.0 Å². The molecule has 0 bridgehead atoms. The van der Waals surface area contributed by atoms with Crippen molar-refractivity contribution < 1.29 is 19.1 Å². The van der Waals surface area contributed by atoms with Crippen LogP contribution in [0.25, 0.3) is 0 Å². The SMILES string of the molecule is CC1CC(C(=O)O)CN(C(=O)NC(c2ccccc2)c2ccc(F)cc2)C1. The molecule has 0 saturated carbocycles. The van der Waals surface area contributed by atoms with Crippen molar-refractivity contribution >= 4 is 12.0 Å². The zero-order valence-corrected chi connectivity index (χ0v) is 15.1. The lowest BCUT2D eigenvalue weighted by molar-refractivity contribution is -0.143. The van der Waals surface area contributed by atoms with Crippen LogP contribution in [-0.2, 0) is 4.79 Å². The number of nitrogens with zero attached hydrogens (tertiary/aromatic N) is 1. The quantitative estimate of drug-likeness (QED) is 0.863. The van der Waals surface area contributed by atoms with Gasteiger partial charge < -0.3 is 15.3 Å². The van der Waals surface area contributed by atoms with Crippen molar-refractivity contribution in [3.63, 3.8) is 0 Å². The van der Waals surface area contributed by atoms with E-state index in [2.05, 4.69) is 5.32 Å². The summed E-state index contributed by atoms with van der Waals surface area (Å²) >= 11 is 0. The van der Waals surface area contributed by atoms with Gasteiger partial charge in [-0.3, -0.25) is 4.79 Å². The topological polar surface area (TPSA) is 69.6 Å². The molecule has 1 heterocycles. The summed E-state index contributed by atoms with van der Waals surface area (Å²) in [4.78, 5) is 25.8. The Kier molecular flexibility index (Phi) is 5.74. The molecule has 1 aliphatic rings. The molecule has 5 nitrogen and oxygen atoms in total. The lowest BCUT2D eigenvalue weighted by atomic mass is 9.90. The van der Waals surface area contributed by atoms with Crippen molar-refractivity contribution in [2.75, 3.05) is 13.1 Å². The minimum absolute atomic E-state index is 0.117. The number of benzene rings is 2. The molecule has 2 N–H and O–H groups in total. The first-order valence-electron chi connectivity index (χ1n) is 9.02. The van der Waals surface area contributed by atoms with E-state index in [1.165, 1.54) is 12.1 Å². The van der Waals surface area contributed by atoms with E-state index >= 15 is 0 Å². The lowest BCUT2D eigenvalue weighted by Gasteiger charge is -2.35. The predicted octanol–water partition coefficient (Wildman–Crippen LogP) is 3.67. The predicted molar refractivity (Wildman–Crippen MR) is 99.7 cm³/mol. The third-order valence-corrected chi connectivity index (χ3v) is 4.90. The molecular formula is C21H23FN2O3. The Morgan fingerprint density at radius 3 is 2.33 bits per heavy atom. The van der Waals surface area contributed by atoms with Crippen LogP contribution in [0.3, 0.4) is 0 Å². The normalized spacial score (nSPS) is 20.7. The van der Waals surface area contributed by atoms with Gasteiger partial charge in [-0.15, -0.1) is 0 Å². The largest absolute Gasteiger partial charge is 0.481 e.